The van der Waals surface area contributed by atoms with Gasteiger partial charge in [0.05, 0.1) is 0 Å². The summed E-state index contributed by atoms with van der Waals surface area (Å²) < 4.78 is 0. The number of carbonyl (C=O) groups is 2. The number of hydrogen-bond donors (Lipinski definition) is 4. The van der Waals surface area contributed by atoms with Crippen LogP contribution in [0.2, 0.25) is 0 Å². The number of unbranched alkanes of at least 4 members (excludes halogenated alkanes) is 2. The zero-order chi connectivity index (χ0) is 13.1. The molecule has 6 nitrogen and oxygen atoms in total. The van der Waals surface area contributed by atoms with Crippen LogP contribution in [-0.4, -0.2) is 41.3 Å². The van der Waals surface area contributed by atoms with Crippen LogP contribution < -0.4 is 11.1 Å². The summed E-state index contributed by atoms with van der Waals surface area (Å²) in [6.45, 7) is 1.11. The van der Waals surface area contributed by atoms with Crippen LogP contribution in [-0.2, 0) is 9.59 Å². The molecule has 0 aliphatic heterocycles. The second kappa shape index (κ2) is 10.0. The van der Waals surface area contributed by atoms with Crippen molar-refractivity contribution in [2.75, 3.05) is 13.1 Å². The van der Waals surface area contributed by atoms with Crippen LogP contribution in [0.5, 0.6) is 0 Å². The predicted molar refractivity (Wildman–Crippen MR) is 63.8 cm³/mol. The predicted octanol–water partition coefficient (Wildman–Crippen LogP) is 0.413. The largest absolute Gasteiger partial charge is 0.481 e. The zero-order valence-corrected chi connectivity index (χ0v) is 10.0. The number of carboxylic acid groups (broad SMARTS) is 2. The average Bonchev–Trinajstić information content (AvgIpc) is 2.25. The molecule has 5 N–H and O–H groups in total. The lowest BCUT2D eigenvalue weighted by Crippen LogP contribution is -2.37. The quantitative estimate of drug-likeness (QED) is 0.393. The standard InChI is InChI=1S/C11H22N2O4/c12-7-3-1-5-9(11(16)17)13-8-4-2-6-10(14)15/h9,13H,1-8,12H2,(H,14,15)(H,16,17)/t9-/m0/s1. The minimum Gasteiger partial charge on any atom is -0.481 e. The first-order valence-corrected chi connectivity index (χ1v) is 5.96. The minimum atomic E-state index is -0.861. The fourth-order valence-electron chi connectivity index (χ4n) is 1.48. The molecule has 0 heterocycles. The first-order valence-electron chi connectivity index (χ1n) is 5.96. The minimum absolute atomic E-state index is 0.132. The van der Waals surface area contributed by atoms with E-state index in [-0.39, 0.29) is 6.42 Å². The van der Waals surface area contributed by atoms with Crippen molar-refractivity contribution in [2.45, 2.75) is 44.6 Å². The molecule has 0 spiro atoms. The summed E-state index contributed by atoms with van der Waals surface area (Å²) in [7, 11) is 0. The Hall–Kier alpha value is -1.14. The van der Waals surface area contributed by atoms with Gasteiger partial charge in [-0.05, 0) is 38.8 Å². The fourth-order valence-corrected chi connectivity index (χ4v) is 1.48. The fraction of sp³-hybridized carbons (Fsp3) is 0.818. The summed E-state index contributed by atoms with van der Waals surface area (Å²) in [5.41, 5.74) is 5.34. The molecule has 0 saturated carbocycles. The molecule has 1 atom stereocenters. The lowest BCUT2D eigenvalue weighted by atomic mass is 10.1. The highest BCUT2D eigenvalue weighted by atomic mass is 16.4. The summed E-state index contributed by atoms with van der Waals surface area (Å²) in [5.74, 6) is -1.68. The summed E-state index contributed by atoms with van der Waals surface area (Å²) in [6.07, 6.45) is 3.54. The lowest BCUT2D eigenvalue weighted by molar-refractivity contribution is -0.140. The van der Waals surface area contributed by atoms with Gasteiger partial charge in [0.15, 0.2) is 0 Å². The van der Waals surface area contributed by atoms with Gasteiger partial charge in [-0.3, -0.25) is 9.59 Å². The monoisotopic (exact) mass is 246 g/mol. The van der Waals surface area contributed by atoms with E-state index in [1.807, 2.05) is 0 Å². The van der Waals surface area contributed by atoms with Crippen molar-refractivity contribution in [2.24, 2.45) is 5.73 Å². The van der Waals surface area contributed by atoms with Crippen molar-refractivity contribution in [1.29, 1.82) is 0 Å². The molecule has 0 aromatic carbocycles. The van der Waals surface area contributed by atoms with Gasteiger partial charge >= 0.3 is 11.9 Å². The van der Waals surface area contributed by atoms with Crippen LogP contribution in [0.25, 0.3) is 0 Å². The van der Waals surface area contributed by atoms with Gasteiger partial charge in [-0.25, -0.2) is 0 Å². The van der Waals surface area contributed by atoms with E-state index in [4.69, 9.17) is 15.9 Å². The molecule has 6 heteroatoms. The highest BCUT2D eigenvalue weighted by molar-refractivity contribution is 5.73. The first-order chi connectivity index (χ1) is 8.07. The Morgan fingerprint density at radius 2 is 1.82 bits per heavy atom. The molecule has 100 valence electrons. The lowest BCUT2D eigenvalue weighted by Gasteiger charge is -2.13. The van der Waals surface area contributed by atoms with Crippen LogP contribution in [0.15, 0.2) is 0 Å². The Balaban J connectivity index is 3.63. The molecule has 0 saturated heterocycles. The normalized spacial score (nSPS) is 12.3. The molecule has 0 rings (SSSR count). The van der Waals surface area contributed by atoms with E-state index < -0.39 is 18.0 Å². The third kappa shape index (κ3) is 9.77. The van der Waals surface area contributed by atoms with E-state index >= 15 is 0 Å². The van der Waals surface area contributed by atoms with Crippen molar-refractivity contribution < 1.29 is 19.8 Å². The van der Waals surface area contributed by atoms with E-state index in [9.17, 15) is 9.59 Å². The molecule has 0 amide bonds. The maximum absolute atomic E-state index is 10.9. The first kappa shape index (κ1) is 15.9. The second-order valence-corrected chi connectivity index (χ2v) is 3.98. The molecule has 0 aliphatic carbocycles. The maximum Gasteiger partial charge on any atom is 0.320 e. The third-order valence-corrected chi connectivity index (χ3v) is 2.45. The third-order valence-electron chi connectivity index (χ3n) is 2.45. The van der Waals surface area contributed by atoms with Crippen LogP contribution in [0.4, 0.5) is 0 Å². The summed E-state index contributed by atoms with van der Waals surface area (Å²) in [4.78, 5) is 21.1. The van der Waals surface area contributed by atoms with Gasteiger partial charge in [0, 0.05) is 6.42 Å². The highest BCUT2D eigenvalue weighted by Gasteiger charge is 2.15. The molecular formula is C11H22N2O4. The Kier molecular flexibility index (Phi) is 9.37. The van der Waals surface area contributed by atoms with Crippen molar-refractivity contribution >= 4 is 11.9 Å². The van der Waals surface area contributed by atoms with Crippen LogP contribution >= 0.6 is 0 Å². The Bertz CT molecular complexity index is 234. The van der Waals surface area contributed by atoms with Crippen LogP contribution in [0, 0.1) is 0 Å². The molecular weight excluding hydrogens is 224 g/mol. The van der Waals surface area contributed by atoms with Gasteiger partial charge in [-0.15, -0.1) is 0 Å². The molecule has 0 bridgehead atoms. The van der Waals surface area contributed by atoms with Gasteiger partial charge in [-0.2, -0.15) is 0 Å². The molecule has 17 heavy (non-hydrogen) atoms. The van der Waals surface area contributed by atoms with Crippen molar-refractivity contribution in [3.05, 3.63) is 0 Å². The smallest absolute Gasteiger partial charge is 0.320 e. The Labute approximate surface area is 101 Å². The van der Waals surface area contributed by atoms with Gasteiger partial charge in [0.2, 0.25) is 0 Å². The maximum atomic E-state index is 10.9. The SMILES string of the molecule is NCCCC[C@H](NCCCCC(=O)O)C(=O)O. The molecule has 0 unspecified atom stereocenters. The second-order valence-electron chi connectivity index (χ2n) is 3.98. The summed E-state index contributed by atoms with van der Waals surface area (Å²) >= 11 is 0. The summed E-state index contributed by atoms with van der Waals surface area (Å²) in [6, 6.07) is -0.550. The van der Waals surface area contributed by atoms with E-state index in [1.54, 1.807) is 0 Å². The number of nitrogens with two attached hydrogens (primary N) is 1. The zero-order valence-electron chi connectivity index (χ0n) is 10.0. The van der Waals surface area contributed by atoms with E-state index in [0.717, 1.165) is 12.8 Å². The van der Waals surface area contributed by atoms with Crippen molar-refractivity contribution in [3.63, 3.8) is 0 Å². The topological polar surface area (TPSA) is 113 Å². The number of aliphatic carboxylic acids is 2. The molecule has 0 aromatic heterocycles. The number of carboxylic acids is 2. The van der Waals surface area contributed by atoms with Crippen LogP contribution in [0.3, 0.4) is 0 Å². The van der Waals surface area contributed by atoms with E-state index in [1.165, 1.54) is 0 Å². The molecule has 0 radical (unpaired) electrons. The van der Waals surface area contributed by atoms with Crippen LogP contribution in [0.1, 0.15) is 38.5 Å². The molecule has 0 aromatic rings. The average molecular weight is 246 g/mol. The van der Waals surface area contributed by atoms with Gasteiger partial charge in [-0.1, -0.05) is 6.42 Å². The summed E-state index contributed by atoms with van der Waals surface area (Å²) in [5, 5.41) is 20.3. The number of rotatable bonds is 11. The Morgan fingerprint density at radius 1 is 1.12 bits per heavy atom. The van der Waals surface area contributed by atoms with Gasteiger partial charge in [0.1, 0.15) is 6.04 Å². The van der Waals surface area contributed by atoms with Crippen molar-refractivity contribution in [3.8, 4) is 0 Å². The molecule has 0 aliphatic rings. The number of nitrogens with one attached hydrogen (secondary N) is 1. The Morgan fingerprint density at radius 3 is 2.35 bits per heavy atom. The van der Waals surface area contributed by atoms with Gasteiger partial charge in [0.25, 0.3) is 0 Å². The van der Waals surface area contributed by atoms with E-state index in [0.29, 0.717) is 32.4 Å². The number of hydrogen-bond acceptors (Lipinski definition) is 4. The molecule has 0 fully saturated rings. The highest BCUT2D eigenvalue weighted by Crippen LogP contribution is 2.01. The van der Waals surface area contributed by atoms with Gasteiger partial charge < -0.3 is 21.3 Å². The van der Waals surface area contributed by atoms with Crippen molar-refractivity contribution in [1.82, 2.24) is 5.32 Å². The van der Waals surface area contributed by atoms with E-state index in [2.05, 4.69) is 5.32 Å².